The highest BCUT2D eigenvalue weighted by Gasteiger charge is 2.23. The SMILES string of the molecule is C[C@H](NC[C@@](C)(O)c1ccccc1)c1ccc(C#N)cc1. The number of aliphatic hydroxyl groups is 1. The Kier molecular flexibility index (Phi) is 4.74. The van der Waals surface area contributed by atoms with Crippen LogP contribution < -0.4 is 5.32 Å². The first-order valence-electron chi connectivity index (χ1n) is 7.04. The monoisotopic (exact) mass is 280 g/mol. The maximum Gasteiger partial charge on any atom is 0.0992 e. The average molecular weight is 280 g/mol. The van der Waals surface area contributed by atoms with Gasteiger partial charge in [0.2, 0.25) is 0 Å². The molecule has 0 aliphatic carbocycles. The van der Waals surface area contributed by atoms with E-state index < -0.39 is 5.60 Å². The van der Waals surface area contributed by atoms with Crippen molar-refractivity contribution < 1.29 is 5.11 Å². The summed E-state index contributed by atoms with van der Waals surface area (Å²) in [6.45, 7) is 4.31. The van der Waals surface area contributed by atoms with Crippen molar-refractivity contribution in [2.45, 2.75) is 25.5 Å². The Labute approximate surface area is 125 Å². The van der Waals surface area contributed by atoms with Gasteiger partial charge in [0, 0.05) is 12.6 Å². The van der Waals surface area contributed by atoms with Gasteiger partial charge in [-0.15, -0.1) is 0 Å². The maximum absolute atomic E-state index is 10.6. The van der Waals surface area contributed by atoms with Crippen molar-refractivity contribution in [3.8, 4) is 6.07 Å². The summed E-state index contributed by atoms with van der Waals surface area (Å²) >= 11 is 0. The fourth-order valence-electron chi connectivity index (χ4n) is 2.22. The first-order chi connectivity index (χ1) is 10.0. The van der Waals surface area contributed by atoms with Crippen LogP contribution in [0.4, 0.5) is 0 Å². The summed E-state index contributed by atoms with van der Waals surface area (Å²) in [4.78, 5) is 0. The zero-order chi connectivity index (χ0) is 15.3. The molecule has 2 atom stereocenters. The van der Waals surface area contributed by atoms with Gasteiger partial charge in [0.25, 0.3) is 0 Å². The Balaban J connectivity index is 2.00. The molecule has 108 valence electrons. The molecule has 0 heterocycles. The van der Waals surface area contributed by atoms with Crippen molar-refractivity contribution >= 4 is 0 Å². The van der Waals surface area contributed by atoms with E-state index in [1.54, 1.807) is 6.92 Å². The van der Waals surface area contributed by atoms with Gasteiger partial charge < -0.3 is 10.4 Å². The maximum atomic E-state index is 10.6. The number of nitrogens with zero attached hydrogens (tertiary/aromatic N) is 1. The van der Waals surface area contributed by atoms with Crippen LogP contribution in [-0.4, -0.2) is 11.7 Å². The lowest BCUT2D eigenvalue weighted by molar-refractivity contribution is 0.0543. The highest BCUT2D eigenvalue weighted by molar-refractivity contribution is 5.32. The van der Waals surface area contributed by atoms with Crippen molar-refractivity contribution in [2.24, 2.45) is 0 Å². The second kappa shape index (κ2) is 6.53. The lowest BCUT2D eigenvalue weighted by Gasteiger charge is -2.26. The minimum absolute atomic E-state index is 0.105. The predicted molar refractivity (Wildman–Crippen MR) is 83.6 cm³/mol. The lowest BCUT2D eigenvalue weighted by Crippen LogP contribution is -2.36. The van der Waals surface area contributed by atoms with Gasteiger partial charge in [-0.3, -0.25) is 0 Å². The van der Waals surface area contributed by atoms with Crippen LogP contribution in [0.1, 0.15) is 36.6 Å². The number of benzene rings is 2. The van der Waals surface area contributed by atoms with E-state index in [4.69, 9.17) is 5.26 Å². The summed E-state index contributed by atoms with van der Waals surface area (Å²) in [5.74, 6) is 0. The number of hydrogen-bond donors (Lipinski definition) is 2. The van der Waals surface area contributed by atoms with Crippen LogP contribution in [0.15, 0.2) is 54.6 Å². The Morgan fingerprint density at radius 2 is 1.76 bits per heavy atom. The Bertz CT molecular complexity index is 612. The summed E-state index contributed by atoms with van der Waals surface area (Å²) in [5.41, 5.74) is 1.73. The van der Waals surface area contributed by atoms with Gasteiger partial charge >= 0.3 is 0 Å². The fraction of sp³-hybridized carbons (Fsp3) is 0.278. The van der Waals surface area contributed by atoms with Gasteiger partial charge in [0.1, 0.15) is 0 Å². The molecule has 2 aromatic carbocycles. The van der Waals surface area contributed by atoms with Crippen molar-refractivity contribution in [1.29, 1.82) is 5.26 Å². The van der Waals surface area contributed by atoms with Crippen LogP contribution in [0.25, 0.3) is 0 Å². The minimum Gasteiger partial charge on any atom is -0.384 e. The summed E-state index contributed by atoms with van der Waals surface area (Å²) in [6.07, 6.45) is 0. The third-order valence-electron chi connectivity index (χ3n) is 3.69. The van der Waals surface area contributed by atoms with Gasteiger partial charge in [-0.1, -0.05) is 42.5 Å². The van der Waals surface area contributed by atoms with E-state index in [1.165, 1.54) is 0 Å². The Morgan fingerprint density at radius 1 is 1.14 bits per heavy atom. The third-order valence-corrected chi connectivity index (χ3v) is 3.69. The summed E-state index contributed by atoms with van der Waals surface area (Å²) in [6, 6.07) is 19.3. The molecule has 0 aromatic heterocycles. The van der Waals surface area contributed by atoms with Crippen LogP contribution in [0.5, 0.6) is 0 Å². The zero-order valence-corrected chi connectivity index (χ0v) is 12.4. The van der Waals surface area contributed by atoms with Gasteiger partial charge in [0.15, 0.2) is 0 Å². The second-order valence-corrected chi connectivity index (χ2v) is 5.48. The van der Waals surface area contributed by atoms with Crippen LogP contribution in [0, 0.1) is 11.3 Å². The highest BCUT2D eigenvalue weighted by atomic mass is 16.3. The number of nitriles is 1. The van der Waals surface area contributed by atoms with Crippen LogP contribution >= 0.6 is 0 Å². The molecule has 0 aliphatic heterocycles. The molecular formula is C18H20N2O. The van der Waals surface area contributed by atoms with Gasteiger partial charge in [-0.2, -0.15) is 5.26 Å². The van der Waals surface area contributed by atoms with Gasteiger partial charge in [0.05, 0.1) is 17.2 Å². The molecule has 3 heteroatoms. The quantitative estimate of drug-likeness (QED) is 0.884. The van der Waals surface area contributed by atoms with Crippen LogP contribution in [-0.2, 0) is 5.60 Å². The Morgan fingerprint density at radius 3 is 2.33 bits per heavy atom. The van der Waals surface area contributed by atoms with E-state index in [0.717, 1.165) is 11.1 Å². The molecule has 0 amide bonds. The van der Waals surface area contributed by atoms with E-state index in [1.807, 2.05) is 61.5 Å². The molecule has 0 saturated carbocycles. The number of rotatable bonds is 5. The molecule has 2 N–H and O–H groups in total. The summed E-state index contributed by atoms with van der Waals surface area (Å²) in [5, 5.41) is 22.7. The number of nitrogens with one attached hydrogen (secondary N) is 1. The highest BCUT2D eigenvalue weighted by Crippen LogP contribution is 2.21. The topological polar surface area (TPSA) is 56.0 Å². The van der Waals surface area contributed by atoms with Gasteiger partial charge in [-0.25, -0.2) is 0 Å². The minimum atomic E-state index is -0.915. The largest absolute Gasteiger partial charge is 0.384 e. The van der Waals surface area contributed by atoms with E-state index in [2.05, 4.69) is 11.4 Å². The van der Waals surface area contributed by atoms with Crippen LogP contribution in [0.2, 0.25) is 0 Å². The molecule has 0 radical (unpaired) electrons. The van der Waals surface area contributed by atoms with E-state index in [0.29, 0.717) is 12.1 Å². The molecule has 0 aliphatic rings. The fourth-order valence-corrected chi connectivity index (χ4v) is 2.22. The van der Waals surface area contributed by atoms with E-state index in [-0.39, 0.29) is 6.04 Å². The molecule has 0 fully saturated rings. The molecular weight excluding hydrogens is 260 g/mol. The molecule has 0 saturated heterocycles. The molecule has 0 bridgehead atoms. The molecule has 21 heavy (non-hydrogen) atoms. The summed E-state index contributed by atoms with van der Waals surface area (Å²) in [7, 11) is 0. The standard InChI is InChI=1S/C18H20N2O/c1-14(16-10-8-15(12-19)9-11-16)20-13-18(2,21)17-6-4-3-5-7-17/h3-11,14,20-21H,13H2,1-2H3/t14-,18+/m0/s1. The van der Waals surface area contributed by atoms with Crippen molar-refractivity contribution in [3.63, 3.8) is 0 Å². The normalized spacial score (nSPS) is 15.0. The first kappa shape index (κ1) is 15.2. The lowest BCUT2D eigenvalue weighted by atomic mass is 9.95. The van der Waals surface area contributed by atoms with E-state index >= 15 is 0 Å². The molecule has 2 rings (SSSR count). The average Bonchev–Trinajstić information content (AvgIpc) is 2.53. The Hall–Kier alpha value is -2.15. The number of hydrogen-bond acceptors (Lipinski definition) is 3. The molecule has 0 spiro atoms. The molecule has 3 nitrogen and oxygen atoms in total. The summed E-state index contributed by atoms with van der Waals surface area (Å²) < 4.78 is 0. The van der Waals surface area contributed by atoms with Crippen molar-refractivity contribution in [2.75, 3.05) is 6.54 Å². The molecule has 2 aromatic rings. The zero-order valence-electron chi connectivity index (χ0n) is 12.4. The molecule has 0 unspecified atom stereocenters. The van der Waals surface area contributed by atoms with Crippen LogP contribution in [0.3, 0.4) is 0 Å². The smallest absolute Gasteiger partial charge is 0.0992 e. The first-order valence-corrected chi connectivity index (χ1v) is 7.04. The van der Waals surface area contributed by atoms with E-state index in [9.17, 15) is 5.11 Å². The second-order valence-electron chi connectivity index (χ2n) is 5.48. The third kappa shape index (κ3) is 3.91. The van der Waals surface area contributed by atoms with Crippen molar-refractivity contribution in [1.82, 2.24) is 5.32 Å². The van der Waals surface area contributed by atoms with Gasteiger partial charge in [-0.05, 0) is 37.1 Å². The predicted octanol–water partition coefficient (Wildman–Crippen LogP) is 3.12. The van der Waals surface area contributed by atoms with Crippen molar-refractivity contribution in [3.05, 3.63) is 71.3 Å².